The average molecular weight is 319 g/mol. The Balaban J connectivity index is 1.75. The molecule has 22 heavy (non-hydrogen) atoms. The summed E-state index contributed by atoms with van der Waals surface area (Å²) in [4.78, 5) is 15.3. The fourth-order valence-electron chi connectivity index (χ4n) is 2.35. The number of aromatic nitrogens is 5. The van der Waals surface area contributed by atoms with Crippen molar-refractivity contribution in [2.24, 2.45) is 0 Å². The molecule has 3 aromatic rings. The van der Waals surface area contributed by atoms with E-state index >= 15 is 0 Å². The van der Waals surface area contributed by atoms with Gasteiger partial charge in [-0.25, -0.2) is 9.31 Å². The van der Waals surface area contributed by atoms with Crippen molar-refractivity contribution < 1.29 is 9.90 Å². The van der Waals surface area contributed by atoms with Gasteiger partial charge in [0.15, 0.2) is 17.3 Å². The van der Waals surface area contributed by atoms with E-state index in [-0.39, 0.29) is 11.0 Å². The summed E-state index contributed by atoms with van der Waals surface area (Å²) in [6.07, 6.45) is 2.35. The molecule has 0 unspecified atom stereocenters. The zero-order chi connectivity index (χ0) is 15.3. The molecule has 0 bridgehead atoms. The third-order valence-electron chi connectivity index (χ3n) is 3.57. The van der Waals surface area contributed by atoms with Crippen LogP contribution in [-0.4, -0.2) is 35.9 Å². The lowest BCUT2D eigenvalue weighted by Crippen LogP contribution is -2.07. The maximum atomic E-state index is 11.2. The van der Waals surface area contributed by atoms with Crippen molar-refractivity contribution in [3.63, 3.8) is 0 Å². The van der Waals surface area contributed by atoms with E-state index in [0.29, 0.717) is 23.1 Å². The minimum Gasteiger partial charge on any atom is -0.477 e. The van der Waals surface area contributed by atoms with E-state index in [4.69, 9.17) is 16.7 Å². The molecular formula is C13H11ClN6O2. The van der Waals surface area contributed by atoms with Gasteiger partial charge in [-0.1, -0.05) is 0 Å². The highest BCUT2D eigenvalue weighted by Crippen LogP contribution is 2.39. The molecule has 3 aromatic heterocycles. The predicted octanol–water partition coefficient (Wildman–Crippen LogP) is 2.42. The van der Waals surface area contributed by atoms with Gasteiger partial charge in [0.1, 0.15) is 5.52 Å². The number of halogens is 1. The summed E-state index contributed by atoms with van der Waals surface area (Å²) in [5.41, 5.74) is 1.61. The normalized spacial score (nSPS) is 14.4. The summed E-state index contributed by atoms with van der Waals surface area (Å²) in [7, 11) is 0. The van der Waals surface area contributed by atoms with Gasteiger partial charge >= 0.3 is 5.97 Å². The molecule has 1 aliphatic carbocycles. The highest BCUT2D eigenvalue weighted by Gasteiger charge is 2.25. The maximum Gasteiger partial charge on any atom is 0.354 e. The first-order valence-electron chi connectivity index (χ1n) is 6.73. The topological polar surface area (TPSA) is 108 Å². The van der Waals surface area contributed by atoms with E-state index in [9.17, 15) is 4.79 Å². The molecule has 0 amide bonds. The third-order valence-corrected chi connectivity index (χ3v) is 3.73. The molecular weight excluding hydrogens is 308 g/mol. The maximum absolute atomic E-state index is 11.2. The van der Waals surface area contributed by atoms with Crippen molar-refractivity contribution >= 4 is 34.7 Å². The lowest BCUT2D eigenvalue weighted by Gasteiger charge is -2.05. The fraction of sp³-hybridized carbons (Fsp3) is 0.231. The number of fused-ring (bicyclic) bond motifs is 1. The van der Waals surface area contributed by atoms with E-state index in [2.05, 4.69) is 25.6 Å². The van der Waals surface area contributed by atoms with Crippen molar-refractivity contribution in [2.75, 3.05) is 5.32 Å². The molecule has 0 atom stereocenters. The Morgan fingerprint density at radius 3 is 3.00 bits per heavy atom. The molecule has 3 heterocycles. The van der Waals surface area contributed by atoms with Crippen LogP contribution in [-0.2, 0) is 0 Å². The zero-order valence-corrected chi connectivity index (χ0v) is 12.0. The molecule has 0 aliphatic heterocycles. The van der Waals surface area contributed by atoms with Crippen LogP contribution in [0.15, 0.2) is 18.2 Å². The van der Waals surface area contributed by atoms with Gasteiger partial charge in [-0.05, 0) is 36.6 Å². The number of nitrogens with one attached hydrogen (secondary N) is 2. The smallest absolute Gasteiger partial charge is 0.354 e. The Morgan fingerprint density at radius 1 is 1.45 bits per heavy atom. The van der Waals surface area contributed by atoms with Gasteiger partial charge < -0.3 is 10.4 Å². The molecule has 0 radical (unpaired) electrons. The second-order valence-electron chi connectivity index (χ2n) is 5.16. The predicted molar refractivity (Wildman–Crippen MR) is 78.8 cm³/mol. The first kappa shape index (κ1) is 13.1. The van der Waals surface area contributed by atoms with Crippen LogP contribution >= 0.6 is 11.6 Å². The third kappa shape index (κ3) is 2.17. The number of aromatic carboxylic acids is 1. The van der Waals surface area contributed by atoms with Crippen LogP contribution in [0.4, 0.5) is 11.6 Å². The van der Waals surface area contributed by atoms with Crippen molar-refractivity contribution in [1.29, 1.82) is 0 Å². The standard InChI is InChI=1S/C13H11ClN6O2/c14-13-16-11(8-3-4-9(12(21)22)20(8)19-13)15-10-5-7(17-18-10)6-1-2-6/h3-6H,1-2H2,(H,21,22)(H2,15,16,17,18,19). The minimum atomic E-state index is -1.09. The monoisotopic (exact) mass is 318 g/mol. The Labute approximate surface area is 129 Å². The highest BCUT2D eigenvalue weighted by molar-refractivity contribution is 6.28. The van der Waals surface area contributed by atoms with E-state index in [1.54, 1.807) is 6.07 Å². The second-order valence-corrected chi connectivity index (χ2v) is 5.50. The Morgan fingerprint density at radius 2 is 2.27 bits per heavy atom. The lowest BCUT2D eigenvalue weighted by atomic mass is 10.3. The SMILES string of the molecule is O=C(O)c1ccc2c(Nc3cc(C4CC4)[nH]n3)nc(Cl)nn12. The molecule has 1 aliphatic rings. The molecule has 9 heteroatoms. The van der Waals surface area contributed by atoms with Gasteiger partial charge in [0.25, 0.3) is 0 Å². The Bertz CT molecular complexity index is 882. The number of carboxylic acid groups (broad SMARTS) is 1. The molecule has 1 saturated carbocycles. The first-order valence-corrected chi connectivity index (χ1v) is 7.10. The number of hydrogen-bond acceptors (Lipinski definition) is 5. The second kappa shape index (κ2) is 4.70. The van der Waals surface area contributed by atoms with Gasteiger partial charge in [-0.3, -0.25) is 5.10 Å². The highest BCUT2D eigenvalue weighted by atomic mass is 35.5. The molecule has 3 N–H and O–H groups in total. The summed E-state index contributed by atoms with van der Waals surface area (Å²) in [5.74, 6) is 0.485. The Kier molecular flexibility index (Phi) is 2.80. The van der Waals surface area contributed by atoms with E-state index in [1.807, 2.05) is 6.07 Å². The van der Waals surface area contributed by atoms with Crippen molar-refractivity contribution in [2.45, 2.75) is 18.8 Å². The summed E-state index contributed by atoms with van der Waals surface area (Å²) >= 11 is 5.89. The summed E-state index contributed by atoms with van der Waals surface area (Å²) in [6.45, 7) is 0. The fourth-order valence-corrected chi connectivity index (χ4v) is 2.51. The van der Waals surface area contributed by atoms with Crippen molar-refractivity contribution in [1.82, 2.24) is 24.8 Å². The van der Waals surface area contributed by atoms with Gasteiger partial charge in [0.2, 0.25) is 5.28 Å². The summed E-state index contributed by atoms with van der Waals surface area (Å²) < 4.78 is 1.24. The van der Waals surface area contributed by atoms with Crippen molar-refractivity contribution in [3.05, 3.63) is 34.9 Å². The average Bonchev–Trinajstić information content (AvgIpc) is 3.05. The summed E-state index contributed by atoms with van der Waals surface area (Å²) in [6, 6.07) is 5.00. The first-order chi connectivity index (χ1) is 10.6. The van der Waals surface area contributed by atoms with Gasteiger partial charge in [-0.2, -0.15) is 10.1 Å². The molecule has 0 spiro atoms. The van der Waals surface area contributed by atoms with Crippen LogP contribution in [0.25, 0.3) is 5.52 Å². The number of H-pyrrole nitrogens is 1. The molecule has 112 valence electrons. The van der Waals surface area contributed by atoms with Gasteiger partial charge in [-0.15, -0.1) is 5.10 Å². The quantitative estimate of drug-likeness (QED) is 0.681. The van der Waals surface area contributed by atoms with Gasteiger partial charge in [0.05, 0.1) is 0 Å². The number of carbonyl (C=O) groups is 1. The van der Waals surface area contributed by atoms with Crippen LogP contribution < -0.4 is 5.32 Å². The Hall–Kier alpha value is -2.61. The number of aromatic amines is 1. The number of carboxylic acids is 1. The van der Waals surface area contributed by atoms with E-state index in [0.717, 1.165) is 5.69 Å². The zero-order valence-electron chi connectivity index (χ0n) is 11.2. The number of hydrogen-bond donors (Lipinski definition) is 3. The molecule has 0 saturated heterocycles. The molecule has 4 rings (SSSR count). The van der Waals surface area contributed by atoms with Crippen molar-refractivity contribution in [3.8, 4) is 0 Å². The number of nitrogens with zero attached hydrogens (tertiary/aromatic N) is 4. The molecule has 0 aromatic carbocycles. The van der Waals surface area contributed by atoms with E-state index in [1.165, 1.54) is 23.4 Å². The molecule has 1 fully saturated rings. The minimum absolute atomic E-state index is 0.0167. The lowest BCUT2D eigenvalue weighted by molar-refractivity contribution is 0.0688. The molecule has 8 nitrogen and oxygen atoms in total. The summed E-state index contributed by atoms with van der Waals surface area (Å²) in [5, 5.41) is 23.2. The van der Waals surface area contributed by atoms with Crippen LogP contribution in [0.3, 0.4) is 0 Å². The van der Waals surface area contributed by atoms with Crippen LogP contribution in [0.1, 0.15) is 34.9 Å². The van der Waals surface area contributed by atoms with Gasteiger partial charge in [0, 0.05) is 17.7 Å². The largest absolute Gasteiger partial charge is 0.477 e. The van der Waals surface area contributed by atoms with Crippen LogP contribution in [0.2, 0.25) is 5.28 Å². The van der Waals surface area contributed by atoms with E-state index < -0.39 is 5.97 Å². The van der Waals surface area contributed by atoms with Crippen LogP contribution in [0, 0.1) is 0 Å². The number of anilines is 2. The van der Waals surface area contributed by atoms with Crippen LogP contribution in [0.5, 0.6) is 0 Å². The number of rotatable bonds is 4.